The van der Waals surface area contributed by atoms with Gasteiger partial charge in [-0.05, 0) is 47.0 Å². The molecule has 170 valence electrons. The Labute approximate surface area is 208 Å². The largest absolute Gasteiger partial charge is 0.456 e. The van der Waals surface area contributed by atoms with Gasteiger partial charge in [0.1, 0.15) is 16.7 Å². The summed E-state index contributed by atoms with van der Waals surface area (Å²) in [5.41, 5.74) is 16.5. The number of nitrogens with zero attached hydrogens (tertiary/aromatic N) is 1. The minimum absolute atomic E-state index is 0.792. The molecule has 3 heteroatoms. The lowest BCUT2D eigenvalue weighted by Gasteiger charge is -2.29. The molecule has 1 atom stereocenters. The lowest BCUT2D eigenvalue weighted by Crippen LogP contribution is -2.39. The van der Waals surface area contributed by atoms with Crippen molar-refractivity contribution in [2.75, 3.05) is 0 Å². The number of furan rings is 1. The summed E-state index contributed by atoms with van der Waals surface area (Å²) in [6, 6.07) is 42.3. The van der Waals surface area contributed by atoms with Crippen LogP contribution in [0.3, 0.4) is 0 Å². The quantitative estimate of drug-likeness (QED) is 0.285. The van der Waals surface area contributed by atoms with Crippen molar-refractivity contribution in [2.24, 2.45) is 5.73 Å². The summed E-state index contributed by atoms with van der Waals surface area (Å²) in [5, 5.41) is 3.43. The molecule has 36 heavy (non-hydrogen) atoms. The molecule has 0 bridgehead atoms. The number of aromatic nitrogens is 1. The Kier molecular flexibility index (Phi) is 3.81. The number of para-hydroxylation sites is 2. The van der Waals surface area contributed by atoms with Crippen LogP contribution < -0.4 is 5.73 Å². The first-order valence-electron chi connectivity index (χ1n) is 12.2. The van der Waals surface area contributed by atoms with E-state index in [9.17, 15) is 0 Å². The van der Waals surface area contributed by atoms with Crippen LogP contribution in [-0.4, -0.2) is 4.57 Å². The van der Waals surface area contributed by atoms with Crippen LogP contribution in [0.5, 0.6) is 0 Å². The minimum atomic E-state index is -0.792. The molecule has 8 rings (SSSR count). The highest BCUT2D eigenvalue weighted by Gasteiger charge is 2.45. The number of benzene rings is 5. The van der Waals surface area contributed by atoms with Gasteiger partial charge in [0.25, 0.3) is 0 Å². The highest BCUT2D eigenvalue weighted by atomic mass is 16.3. The van der Waals surface area contributed by atoms with Gasteiger partial charge in [-0.2, -0.15) is 0 Å². The van der Waals surface area contributed by atoms with E-state index < -0.39 is 5.54 Å². The van der Waals surface area contributed by atoms with Crippen molar-refractivity contribution < 1.29 is 4.42 Å². The Balaban J connectivity index is 1.53. The molecule has 1 aliphatic rings. The van der Waals surface area contributed by atoms with E-state index in [2.05, 4.69) is 108 Å². The predicted octanol–water partition coefficient (Wildman–Crippen LogP) is 7.76. The molecule has 0 fully saturated rings. The van der Waals surface area contributed by atoms with Crippen molar-refractivity contribution >= 4 is 32.8 Å². The van der Waals surface area contributed by atoms with Crippen molar-refractivity contribution in [1.29, 1.82) is 0 Å². The van der Waals surface area contributed by atoms with Crippen LogP contribution in [0.1, 0.15) is 16.8 Å². The smallest absolute Gasteiger partial charge is 0.135 e. The van der Waals surface area contributed by atoms with Gasteiger partial charge in [-0.1, -0.05) is 91.0 Å². The summed E-state index contributed by atoms with van der Waals surface area (Å²) >= 11 is 0. The Morgan fingerprint density at radius 2 is 1.31 bits per heavy atom. The van der Waals surface area contributed by atoms with Crippen molar-refractivity contribution in [3.63, 3.8) is 0 Å². The highest BCUT2D eigenvalue weighted by molar-refractivity contribution is 6.07. The topological polar surface area (TPSA) is 44.1 Å². The van der Waals surface area contributed by atoms with E-state index in [1.807, 2.05) is 18.2 Å². The number of rotatable bonds is 2. The molecule has 0 radical (unpaired) electrons. The van der Waals surface area contributed by atoms with Crippen molar-refractivity contribution in [3.8, 4) is 16.8 Å². The van der Waals surface area contributed by atoms with Crippen LogP contribution in [0.25, 0.3) is 49.7 Å². The summed E-state index contributed by atoms with van der Waals surface area (Å²) in [7, 11) is 0. The van der Waals surface area contributed by atoms with Gasteiger partial charge in [0.05, 0.1) is 11.2 Å². The molecule has 0 aliphatic heterocycles. The van der Waals surface area contributed by atoms with Gasteiger partial charge < -0.3 is 14.7 Å². The molecule has 7 aromatic rings. The van der Waals surface area contributed by atoms with Gasteiger partial charge >= 0.3 is 0 Å². The fraction of sp³-hybridized carbons (Fsp3) is 0.0303. The summed E-state index contributed by atoms with van der Waals surface area (Å²) in [4.78, 5) is 0. The molecule has 2 aromatic heterocycles. The zero-order valence-corrected chi connectivity index (χ0v) is 19.5. The monoisotopic (exact) mass is 462 g/mol. The first-order chi connectivity index (χ1) is 17.7. The van der Waals surface area contributed by atoms with Crippen LogP contribution in [0.15, 0.2) is 126 Å². The van der Waals surface area contributed by atoms with Crippen LogP contribution in [0.4, 0.5) is 0 Å². The molecule has 1 unspecified atom stereocenters. The van der Waals surface area contributed by atoms with Crippen molar-refractivity contribution in [2.45, 2.75) is 5.54 Å². The average molecular weight is 463 g/mol. The third-order valence-corrected chi connectivity index (χ3v) is 7.72. The fourth-order valence-electron chi connectivity index (χ4n) is 6.17. The lowest BCUT2D eigenvalue weighted by atomic mass is 9.84. The van der Waals surface area contributed by atoms with E-state index in [0.717, 1.165) is 50.0 Å². The maximum Gasteiger partial charge on any atom is 0.135 e. The molecular formula is C33H22N2O. The number of nitrogens with two attached hydrogens (primary N) is 1. The van der Waals surface area contributed by atoms with Gasteiger partial charge in [-0.15, -0.1) is 0 Å². The molecule has 1 aliphatic carbocycles. The van der Waals surface area contributed by atoms with Gasteiger partial charge in [0.2, 0.25) is 0 Å². The number of fused-ring (bicyclic) bond motifs is 8. The molecule has 0 saturated carbocycles. The van der Waals surface area contributed by atoms with Crippen LogP contribution >= 0.6 is 0 Å². The molecule has 2 heterocycles. The molecular weight excluding hydrogens is 440 g/mol. The maximum absolute atomic E-state index is 7.55. The molecule has 5 aromatic carbocycles. The standard InChI is InChI=1S/C33H22N2O/c34-33(21-10-2-1-3-11-21)27-15-7-4-13-24(27)31-25-14-5-8-16-28(25)35(32(31)33)22-18-19-30-26(20-22)23-12-6-9-17-29(23)36-30/h1-20H,34H2. The SMILES string of the molecule is NC1(c2ccccc2)c2ccccc2-c2c1n(-c1ccc3oc4ccccc4c3c1)c1ccccc21. The van der Waals surface area contributed by atoms with Crippen LogP contribution in [0.2, 0.25) is 0 Å². The summed E-state index contributed by atoms with van der Waals surface area (Å²) < 4.78 is 8.49. The molecule has 0 amide bonds. The summed E-state index contributed by atoms with van der Waals surface area (Å²) in [5.74, 6) is 0. The third kappa shape index (κ3) is 2.40. The van der Waals surface area contributed by atoms with E-state index in [1.165, 1.54) is 16.5 Å². The summed E-state index contributed by atoms with van der Waals surface area (Å²) in [6.07, 6.45) is 0. The molecule has 0 saturated heterocycles. The average Bonchev–Trinajstić information content (AvgIpc) is 3.57. The Morgan fingerprint density at radius 3 is 2.19 bits per heavy atom. The third-order valence-electron chi connectivity index (χ3n) is 7.72. The zero-order valence-electron chi connectivity index (χ0n) is 19.5. The normalized spacial score (nSPS) is 16.6. The van der Waals surface area contributed by atoms with Gasteiger partial charge in [-0.3, -0.25) is 0 Å². The number of hydrogen-bond donors (Lipinski definition) is 1. The second-order valence-corrected chi connectivity index (χ2v) is 9.57. The van der Waals surface area contributed by atoms with E-state index >= 15 is 0 Å². The summed E-state index contributed by atoms with van der Waals surface area (Å²) in [6.45, 7) is 0. The number of hydrogen-bond acceptors (Lipinski definition) is 2. The molecule has 2 N–H and O–H groups in total. The minimum Gasteiger partial charge on any atom is -0.456 e. The van der Waals surface area contributed by atoms with Gasteiger partial charge in [-0.25, -0.2) is 0 Å². The van der Waals surface area contributed by atoms with Gasteiger partial charge in [0.15, 0.2) is 0 Å². The van der Waals surface area contributed by atoms with Gasteiger partial charge in [0, 0.05) is 27.4 Å². The van der Waals surface area contributed by atoms with E-state index in [-0.39, 0.29) is 0 Å². The van der Waals surface area contributed by atoms with E-state index in [4.69, 9.17) is 10.2 Å². The van der Waals surface area contributed by atoms with Crippen LogP contribution in [-0.2, 0) is 5.54 Å². The highest BCUT2D eigenvalue weighted by Crippen LogP contribution is 2.54. The maximum atomic E-state index is 7.55. The Hall–Kier alpha value is -4.60. The molecule has 0 spiro atoms. The lowest BCUT2D eigenvalue weighted by molar-refractivity contribution is 0.635. The van der Waals surface area contributed by atoms with E-state index in [0.29, 0.717) is 0 Å². The predicted molar refractivity (Wildman–Crippen MR) is 147 cm³/mol. The van der Waals surface area contributed by atoms with Crippen molar-refractivity contribution in [3.05, 3.63) is 138 Å². The Bertz CT molecular complexity index is 1960. The van der Waals surface area contributed by atoms with Crippen LogP contribution in [0, 0.1) is 0 Å². The first kappa shape index (κ1) is 19.7. The van der Waals surface area contributed by atoms with Crippen molar-refractivity contribution in [1.82, 2.24) is 4.57 Å². The van der Waals surface area contributed by atoms with E-state index in [1.54, 1.807) is 0 Å². The Morgan fingerprint density at radius 1 is 0.611 bits per heavy atom. The second-order valence-electron chi connectivity index (χ2n) is 9.57. The second kappa shape index (κ2) is 6.97. The zero-order chi connectivity index (χ0) is 23.9. The fourth-order valence-corrected chi connectivity index (χ4v) is 6.17. The first-order valence-corrected chi connectivity index (χ1v) is 12.2. The molecule has 3 nitrogen and oxygen atoms in total.